The van der Waals surface area contributed by atoms with Gasteiger partial charge in [-0.05, 0) is 48.9 Å². The molecule has 2 aromatic rings. The van der Waals surface area contributed by atoms with E-state index in [1.165, 1.54) is 38.9 Å². The summed E-state index contributed by atoms with van der Waals surface area (Å²) in [6.07, 6.45) is 0.313. The Morgan fingerprint density at radius 2 is 1.18 bits per heavy atom. The van der Waals surface area contributed by atoms with Crippen LogP contribution in [0.4, 0.5) is 4.39 Å². The lowest BCUT2D eigenvalue weighted by Crippen LogP contribution is -2.37. The van der Waals surface area contributed by atoms with Crippen LogP contribution in [0.15, 0.2) is 52.3 Å². The van der Waals surface area contributed by atoms with E-state index in [4.69, 9.17) is 23.2 Å². The second kappa shape index (κ2) is 8.25. The summed E-state index contributed by atoms with van der Waals surface area (Å²) < 4.78 is 66.9. The summed E-state index contributed by atoms with van der Waals surface area (Å²) in [5, 5.41) is 0.392. The highest BCUT2D eigenvalue weighted by atomic mass is 35.5. The topological polar surface area (TPSA) is 74.8 Å². The minimum absolute atomic E-state index is 0.0206. The second-order valence-corrected chi connectivity index (χ2v) is 11.0. The monoisotopic (exact) mass is 466 g/mol. The molecule has 2 aromatic carbocycles. The first-order chi connectivity index (χ1) is 13.1. The van der Waals surface area contributed by atoms with Gasteiger partial charge in [0, 0.05) is 36.2 Å². The fraction of sp³-hybridized carbons (Fsp3) is 0.294. The van der Waals surface area contributed by atoms with Gasteiger partial charge in [-0.1, -0.05) is 23.2 Å². The molecule has 0 atom stereocenters. The van der Waals surface area contributed by atoms with Crippen LogP contribution in [0.2, 0.25) is 10.0 Å². The van der Waals surface area contributed by atoms with Crippen molar-refractivity contribution < 1.29 is 21.2 Å². The Morgan fingerprint density at radius 1 is 0.714 bits per heavy atom. The summed E-state index contributed by atoms with van der Waals surface area (Å²) in [7, 11) is -7.72. The summed E-state index contributed by atoms with van der Waals surface area (Å²) in [6.45, 7) is 0.268. The fourth-order valence-electron chi connectivity index (χ4n) is 2.93. The van der Waals surface area contributed by atoms with Gasteiger partial charge in [0.2, 0.25) is 20.0 Å². The third-order valence-electron chi connectivity index (χ3n) is 4.34. The molecule has 0 aliphatic carbocycles. The summed E-state index contributed by atoms with van der Waals surface area (Å²) in [4.78, 5) is -0.0772. The first-order valence-corrected chi connectivity index (χ1v) is 12.0. The SMILES string of the molecule is O=S(=O)(c1ccc(F)cc1)N1CCCN(S(=O)(=O)c2cc(Cl)cc(Cl)c2)CC1. The number of hydrogen-bond donors (Lipinski definition) is 0. The molecule has 0 spiro atoms. The zero-order valence-corrected chi connectivity index (χ0v) is 17.7. The molecular weight excluding hydrogens is 450 g/mol. The molecule has 11 heteroatoms. The number of rotatable bonds is 4. The van der Waals surface area contributed by atoms with Gasteiger partial charge >= 0.3 is 0 Å². The van der Waals surface area contributed by atoms with Gasteiger partial charge in [-0.15, -0.1) is 0 Å². The van der Waals surface area contributed by atoms with Gasteiger partial charge < -0.3 is 0 Å². The standard InChI is InChI=1S/C17H17Cl2FN2O4S2/c18-13-10-14(19)12-17(11-13)28(25,26)22-7-1-6-21(8-9-22)27(23,24)16-4-2-15(20)3-5-16/h2-5,10-12H,1,6-9H2. The van der Waals surface area contributed by atoms with Crippen molar-refractivity contribution in [3.63, 3.8) is 0 Å². The Balaban J connectivity index is 1.82. The molecule has 28 heavy (non-hydrogen) atoms. The first kappa shape index (κ1) is 21.5. The average molecular weight is 467 g/mol. The zero-order valence-electron chi connectivity index (χ0n) is 14.6. The quantitative estimate of drug-likeness (QED) is 0.692. The van der Waals surface area contributed by atoms with Gasteiger partial charge in [-0.2, -0.15) is 8.61 Å². The molecule has 0 amide bonds. The van der Waals surface area contributed by atoms with Gasteiger partial charge in [-0.3, -0.25) is 0 Å². The highest BCUT2D eigenvalue weighted by molar-refractivity contribution is 7.89. The molecule has 6 nitrogen and oxygen atoms in total. The molecule has 0 aromatic heterocycles. The molecule has 0 unspecified atom stereocenters. The van der Waals surface area contributed by atoms with Crippen LogP contribution < -0.4 is 0 Å². The van der Waals surface area contributed by atoms with Crippen LogP contribution in [0.1, 0.15) is 6.42 Å². The predicted molar refractivity (Wildman–Crippen MR) is 105 cm³/mol. The summed E-state index contributed by atoms with van der Waals surface area (Å²) in [6, 6.07) is 8.58. The molecular formula is C17H17Cl2FN2O4S2. The van der Waals surface area contributed by atoms with E-state index in [2.05, 4.69) is 0 Å². The Hall–Kier alpha value is -1.23. The van der Waals surface area contributed by atoms with Crippen molar-refractivity contribution >= 4 is 43.2 Å². The van der Waals surface area contributed by atoms with Gasteiger partial charge in [0.1, 0.15) is 5.82 Å². The lowest BCUT2D eigenvalue weighted by atomic mass is 10.4. The minimum Gasteiger partial charge on any atom is -0.207 e. The second-order valence-electron chi connectivity index (χ2n) is 6.22. The van der Waals surface area contributed by atoms with Crippen molar-refractivity contribution in [2.24, 2.45) is 0 Å². The third-order valence-corrected chi connectivity index (χ3v) is 8.56. The number of nitrogens with zero attached hydrogens (tertiary/aromatic N) is 2. The fourth-order valence-corrected chi connectivity index (χ4v) is 6.60. The van der Waals surface area contributed by atoms with Crippen LogP contribution in [0.25, 0.3) is 0 Å². The maximum Gasteiger partial charge on any atom is 0.243 e. The van der Waals surface area contributed by atoms with Crippen molar-refractivity contribution in [3.05, 3.63) is 58.3 Å². The molecule has 3 rings (SSSR count). The lowest BCUT2D eigenvalue weighted by molar-refractivity contribution is 0.404. The molecule has 1 heterocycles. The van der Waals surface area contributed by atoms with Crippen LogP contribution in [-0.4, -0.2) is 51.6 Å². The van der Waals surface area contributed by atoms with E-state index >= 15 is 0 Å². The third kappa shape index (κ3) is 4.50. The van der Waals surface area contributed by atoms with E-state index in [0.717, 1.165) is 12.1 Å². The molecule has 0 saturated carbocycles. The van der Waals surface area contributed by atoms with Crippen LogP contribution in [0.5, 0.6) is 0 Å². The molecule has 0 radical (unpaired) electrons. The van der Waals surface area contributed by atoms with Crippen molar-refractivity contribution in [2.75, 3.05) is 26.2 Å². The molecule has 1 aliphatic rings. The molecule has 0 N–H and O–H groups in total. The van der Waals surface area contributed by atoms with Gasteiger partial charge in [0.25, 0.3) is 0 Å². The van der Waals surface area contributed by atoms with E-state index in [9.17, 15) is 21.2 Å². The van der Waals surface area contributed by atoms with Crippen molar-refractivity contribution in [1.29, 1.82) is 0 Å². The molecule has 0 bridgehead atoms. The molecule has 1 aliphatic heterocycles. The number of benzene rings is 2. The number of halogens is 3. The van der Waals surface area contributed by atoms with Crippen molar-refractivity contribution in [3.8, 4) is 0 Å². The largest absolute Gasteiger partial charge is 0.243 e. The number of sulfonamides is 2. The Bertz CT molecular complexity index is 1060. The van der Waals surface area contributed by atoms with Gasteiger partial charge in [-0.25, -0.2) is 21.2 Å². The minimum atomic E-state index is -3.88. The predicted octanol–water partition coefficient (Wildman–Crippen LogP) is 3.22. The highest BCUT2D eigenvalue weighted by Gasteiger charge is 2.32. The lowest BCUT2D eigenvalue weighted by Gasteiger charge is -2.22. The smallest absolute Gasteiger partial charge is 0.207 e. The van der Waals surface area contributed by atoms with Gasteiger partial charge in [0.15, 0.2) is 0 Å². The molecule has 1 saturated heterocycles. The van der Waals surface area contributed by atoms with Crippen molar-refractivity contribution in [1.82, 2.24) is 8.61 Å². The van der Waals surface area contributed by atoms with E-state index in [1.807, 2.05) is 0 Å². The van der Waals surface area contributed by atoms with E-state index < -0.39 is 25.9 Å². The normalized spacial score (nSPS) is 17.4. The van der Waals surface area contributed by atoms with Crippen LogP contribution >= 0.6 is 23.2 Å². The number of hydrogen-bond acceptors (Lipinski definition) is 4. The Kier molecular flexibility index (Phi) is 6.33. The summed E-state index contributed by atoms with van der Waals surface area (Å²) in [5.74, 6) is -0.535. The molecule has 1 fully saturated rings. The van der Waals surface area contributed by atoms with Crippen LogP contribution in [0.3, 0.4) is 0 Å². The summed E-state index contributed by atoms with van der Waals surface area (Å²) >= 11 is 11.8. The van der Waals surface area contributed by atoms with E-state index in [0.29, 0.717) is 6.42 Å². The highest BCUT2D eigenvalue weighted by Crippen LogP contribution is 2.26. The van der Waals surface area contributed by atoms with E-state index in [-0.39, 0.29) is 46.0 Å². The zero-order chi connectivity index (χ0) is 20.5. The van der Waals surface area contributed by atoms with Crippen LogP contribution in [0, 0.1) is 5.82 Å². The Labute approximate surface area is 173 Å². The Morgan fingerprint density at radius 3 is 1.68 bits per heavy atom. The molecule has 152 valence electrons. The van der Waals surface area contributed by atoms with Gasteiger partial charge in [0.05, 0.1) is 9.79 Å². The summed E-state index contributed by atoms with van der Waals surface area (Å²) in [5.41, 5.74) is 0. The van der Waals surface area contributed by atoms with Crippen molar-refractivity contribution in [2.45, 2.75) is 16.2 Å². The maximum absolute atomic E-state index is 13.1. The van der Waals surface area contributed by atoms with E-state index in [1.54, 1.807) is 0 Å². The maximum atomic E-state index is 13.1. The average Bonchev–Trinajstić information content (AvgIpc) is 2.88. The van der Waals surface area contributed by atoms with Crippen LogP contribution in [-0.2, 0) is 20.0 Å². The first-order valence-electron chi connectivity index (χ1n) is 8.33.